The highest BCUT2D eigenvalue weighted by molar-refractivity contribution is 7.97. The summed E-state index contributed by atoms with van der Waals surface area (Å²) in [5.41, 5.74) is 0.916. The smallest absolute Gasteiger partial charge is 0.308 e. The zero-order valence-corrected chi connectivity index (χ0v) is 12.0. The molecule has 1 atom stereocenters. The maximum atomic E-state index is 13.5. The van der Waals surface area contributed by atoms with Gasteiger partial charge in [-0.05, 0) is 36.4 Å². The molecule has 1 saturated heterocycles. The van der Waals surface area contributed by atoms with Crippen molar-refractivity contribution < 1.29 is 19.1 Å². The summed E-state index contributed by atoms with van der Waals surface area (Å²) < 4.78 is 13.5. The first-order valence-corrected chi connectivity index (χ1v) is 7.71. The third kappa shape index (κ3) is 3.12. The molecule has 1 aromatic rings. The van der Waals surface area contributed by atoms with Gasteiger partial charge in [-0.2, -0.15) is 11.8 Å². The predicted molar refractivity (Wildman–Crippen MR) is 75.3 cm³/mol. The van der Waals surface area contributed by atoms with Crippen molar-refractivity contribution in [2.75, 3.05) is 19.3 Å². The van der Waals surface area contributed by atoms with E-state index in [1.165, 1.54) is 28.8 Å². The van der Waals surface area contributed by atoms with E-state index in [1.807, 2.05) is 6.26 Å². The highest BCUT2D eigenvalue weighted by atomic mass is 32.2. The minimum Gasteiger partial charge on any atom is -0.481 e. The summed E-state index contributed by atoms with van der Waals surface area (Å²) in [4.78, 5) is 24.7. The lowest BCUT2D eigenvalue weighted by Gasteiger charge is -2.16. The Bertz CT molecular complexity index is 535. The number of nitrogens with zero attached hydrogens (tertiary/aromatic N) is 1. The Hall–Kier alpha value is -1.56. The van der Waals surface area contributed by atoms with Crippen LogP contribution in [0.25, 0.3) is 0 Å². The average molecular weight is 297 g/mol. The van der Waals surface area contributed by atoms with Gasteiger partial charge in [0.15, 0.2) is 0 Å². The van der Waals surface area contributed by atoms with Gasteiger partial charge in [0, 0.05) is 24.4 Å². The zero-order chi connectivity index (χ0) is 14.7. The average Bonchev–Trinajstić information content (AvgIpc) is 2.90. The maximum Gasteiger partial charge on any atom is 0.308 e. The van der Waals surface area contributed by atoms with Crippen molar-refractivity contribution in [3.05, 3.63) is 35.1 Å². The van der Waals surface area contributed by atoms with E-state index in [1.54, 1.807) is 6.07 Å². The molecular formula is C14H16FNO3S. The third-order valence-electron chi connectivity index (χ3n) is 3.42. The first-order valence-electron chi connectivity index (χ1n) is 6.32. The molecule has 108 valence electrons. The van der Waals surface area contributed by atoms with Gasteiger partial charge < -0.3 is 10.0 Å². The van der Waals surface area contributed by atoms with Gasteiger partial charge in [-0.25, -0.2) is 4.39 Å². The summed E-state index contributed by atoms with van der Waals surface area (Å²) in [6.45, 7) is 0.661. The van der Waals surface area contributed by atoms with Gasteiger partial charge in [-0.3, -0.25) is 9.59 Å². The molecule has 0 radical (unpaired) electrons. The number of hydrogen-bond acceptors (Lipinski definition) is 3. The summed E-state index contributed by atoms with van der Waals surface area (Å²) in [7, 11) is 0. The van der Waals surface area contributed by atoms with Crippen molar-refractivity contribution in [3.8, 4) is 0 Å². The molecule has 1 aliphatic rings. The van der Waals surface area contributed by atoms with Crippen molar-refractivity contribution in [3.63, 3.8) is 0 Å². The summed E-state index contributed by atoms with van der Waals surface area (Å²) in [5.74, 6) is -1.41. The van der Waals surface area contributed by atoms with Crippen LogP contribution in [0.15, 0.2) is 18.2 Å². The van der Waals surface area contributed by atoms with E-state index >= 15 is 0 Å². The van der Waals surface area contributed by atoms with Crippen LogP contribution < -0.4 is 0 Å². The fourth-order valence-electron chi connectivity index (χ4n) is 2.30. The molecular weight excluding hydrogens is 281 g/mol. The quantitative estimate of drug-likeness (QED) is 0.926. The molecule has 1 N–H and O–H groups in total. The summed E-state index contributed by atoms with van der Waals surface area (Å²) >= 11 is 1.48. The first-order chi connectivity index (χ1) is 9.52. The van der Waals surface area contributed by atoms with Gasteiger partial charge in [-0.1, -0.05) is 0 Å². The molecule has 0 unspecified atom stereocenters. The number of rotatable bonds is 4. The minimum atomic E-state index is -0.873. The number of likely N-dealkylation sites (tertiary alicyclic amines) is 1. The van der Waals surface area contributed by atoms with Crippen molar-refractivity contribution in [2.45, 2.75) is 12.2 Å². The van der Waals surface area contributed by atoms with E-state index in [0.717, 1.165) is 0 Å². The number of hydrogen-bond donors (Lipinski definition) is 1. The van der Waals surface area contributed by atoms with Gasteiger partial charge in [-0.15, -0.1) is 0 Å². The molecule has 1 aliphatic heterocycles. The molecule has 0 bridgehead atoms. The monoisotopic (exact) mass is 297 g/mol. The van der Waals surface area contributed by atoms with Gasteiger partial charge in [0.25, 0.3) is 5.91 Å². The summed E-state index contributed by atoms with van der Waals surface area (Å²) in [6, 6.07) is 4.31. The number of thioether (sulfide) groups is 1. The lowest BCUT2D eigenvalue weighted by atomic mass is 10.1. The molecule has 0 saturated carbocycles. The van der Waals surface area contributed by atoms with Crippen molar-refractivity contribution in [1.29, 1.82) is 0 Å². The second-order valence-corrected chi connectivity index (χ2v) is 5.68. The molecule has 1 heterocycles. The molecule has 0 spiro atoms. The van der Waals surface area contributed by atoms with Crippen LogP contribution in [0, 0.1) is 11.7 Å². The molecule has 2 rings (SSSR count). The minimum absolute atomic E-state index is 0.226. The van der Waals surface area contributed by atoms with Crippen molar-refractivity contribution in [2.24, 2.45) is 5.92 Å². The number of halogens is 1. The Morgan fingerprint density at radius 3 is 2.85 bits per heavy atom. The van der Waals surface area contributed by atoms with Crippen LogP contribution in [0.4, 0.5) is 4.39 Å². The van der Waals surface area contributed by atoms with Crippen LogP contribution in [0.3, 0.4) is 0 Å². The van der Waals surface area contributed by atoms with Crippen LogP contribution in [0.5, 0.6) is 0 Å². The topological polar surface area (TPSA) is 57.6 Å². The second kappa shape index (κ2) is 6.26. The van der Waals surface area contributed by atoms with E-state index in [2.05, 4.69) is 0 Å². The van der Waals surface area contributed by atoms with Crippen LogP contribution in [-0.4, -0.2) is 41.2 Å². The number of amides is 1. The lowest BCUT2D eigenvalue weighted by Crippen LogP contribution is -2.30. The zero-order valence-electron chi connectivity index (χ0n) is 11.1. The third-order valence-corrected chi connectivity index (χ3v) is 4.02. The van der Waals surface area contributed by atoms with E-state index in [0.29, 0.717) is 29.8 Å². The SMILES string of the molecule is CSCc1cc(C(=O)N2CC[C@H](C(=O)O)C2)ccc1F. The van der Waals surface area contributed by atoms with E-state index in [9.17, 15) is 14.0 Å². The van der Waals surface area contributed by atoms with Crippen molar-refractivity contribution in [1.82, 2.24) is 4.90 Å². The highest BCUT2D eigenvalue weighted by Crippen LogP contribution is 2.21. The van der Waals surface area contributed by atoms with Crippen LogP contribution >= 0.6 is 11.8 Å². The second-order valence-electron chi connectivity index (χ2n) is 4.81. The predicted octanol–water partition coefficient (Wildman–Crippen LogP) is 2.24. The molecule has 6 heteroatoms. The number of carboxylic acids is 1. The summed E-state index contributed by atoms with van der Waals surface area (Å²) in [5, 5.41) is 8.94. The Kier molecular flexibility index (Phi) is 4.65. The van der Waals surface area contributed by atoms with E-state index < -0.39 is 11.9 Å². The van der Waals surface area contributed by atoms with E-state index in [4.69, 9.17) is 5.11 Å². The molecule has 1 amide bonds. The van der Waals surface area contributed by atoms with Gasteiger partial charge >= 0.3 is 5.97 Å². The molecule has 0 aromatic heterocycles. The fraction of sp³-hybridized carbons (Fsp3) is 0.429. The largest absolute Gasteiger partial charge is 0.481 e. The molecule has 0 aliphatic carbocycles. The summed E-state index contributed by atoms with van der Waals surface area (Å²) in [6.07, 6.45) is 2.34. The Morgan fingerprint density at radius 1 is 1.50 bits per heavy atom. The highest BCUT2D eigenvalue weighted by Gasteiger charge is 2.31. The van der Waals surface area contributed by atoms with Crippen LogP contribution in [0.1, 0.15) is 22.3 Å². The number of carbonyl (C=O) groups is 2. The Morgan fingerprint density at radius 2 is 2.25 bits per heavy atom. The lowest BCUT2D eigenvalue weighted by molar-refractivity contribution is -0.141. The first kappa shape index (κ1) is 14.8. The number of carbonyl (C=O) groups excluding carboxylic acids is 1. The Balaban J connectivity index is 2.14. The van der Waals surface area contributed by atoms with E-state index in [-0.39, 0.29) is 18.3 Å². The molecule has 1 fully saturated rings. The van der Waals surface area contributed by atoms with Gasteiger partial charge in [0.05, 0.1) is 5.92 Å². The normalized spacial score (nSPS) is 18.3. The number of benzene rings is 1. The van der Waals surface area contributed by atoms with Gasteiger partial charge in [0.1, 0.15) is 5.82 Å². The molecule has 20 heavy (non-hydrogen) atoms. The van der Waals surface area contributed by atoms with Crippen LogP contribution in [0.2, 0.25) is 0 Å². The molecule has 1 aromatic carbocycles. The van der Waals surface area contributed by atoms with Crippen molar-refractivity contribution >= 4 is 23.6 Å². The van der Waals surface area contributed by atoms with Gasteiger partial charge in [0.2, 0.25) is 0 Å². The fourth-order valence-corrected chi connectivity index (χ4v) is 2.83. The number of aliphatic carboxylic acids is 1. The standard InChI is InChI=1S/C14H16FNO3S/c1-20-8-11-6-9(2-3-12(11)15)13(17)16-5-4-10(7-16)14(18)19/h2-3,6,10H,4-5,7-8H2,1H3,(H,18,19)/t10-/m0/s1. The number of carboxylic acid groups (broad SMARTS) is 1. The maximum absolute atomic E-state index is 13.5. The van der Waals surface area contributed by atoms with Crippen LogP contribution in [-0.2, 0) is 10.5 Å². The molecule has 4 nitrogen and oxygen atoms in total. The Labute approximate surface area is 121 Å².